The monoisotopic (exact) mass is 431 g/mol. The fourth-order valence-electron chi connectivity index (χ4n) is 1.82. The van der Waals surface area contributed by atoms with Crippen molar-refractivity contribution in [2.75, 3.05) is 5.43 Å². The van der Waals surface area contributed by atoms with Gasteiger partial charge in [0.2, 0.25) is 0 Å². The summed E-state index contributed by atoms with van der Waals surface area (Å²) in [4.78, 5) is 11.8. The maximum Gasteiger partial charge on any atom is 0.418 e. The lowest BCUT2D eigenvalue weighted by molar-refractivity contribution is -0.137. The van der Waals surface area contributed by atoms with Gasteiger partial charge in [0.1, 0.15) is 11.6 Å². The first kappa shape index (κ1) is 29.1. The molecule has 0 radical (unpaired) electrons. The second-order valence-corrected chi connectivity index (χ2v) is 4.57. The highest BCUT2D eigenvalue weighted by Gasteiger charge is 2.34. The average molecular weight is 431 g/mol. The summed E-state index contributed by atoms with van der Waals surface area (Å²) in [6.07, 6.45) is -4.78. The van der Waals surface area contributed by atoms with Gasteiger partial charge in [0.25, 0.3) is 5.91 Å². The summed E-state index contributed by atoms with van der Waals surface area (Å²) in [6, 6.07) is 6.39. The second-order valence-electron chi connectivity index (χ2n) is 4.57. The highest BCUT2D eigenvalue weighted by atomic mass is 19.4. The molecule has 0 aliphatic carbocycles. The van der Waals surface area contributed by atoms with E-state index in [2.05, 4.69) is 0 Å². The van der Waals surface area contributed by atoms with Gasteiger partial charge < -0.3 is 0 Å². The van der Waals surface area contributed by atoms with Crippen LogP contribution in [0.15, 0.2) is 36.4 Å². The molecule has 0 fully saturated rings. The van der Waals surface area contributed by atoms with Crippen molar-refractivity contribution in [1.82, 2.24) is 5.43 Å². The van der Waals surface area contributed by atoms with Crippen LogP contribution >= 0.6 is 0 Å². The Kier molecular flexibility index (Phi) is 14.3. The molecule has 0 aliphatic rings. The van der Waals surface area contributed by atoms with Crippen LogP contribution in [0.3, 0.4) is 0 Å². The van der Waals surface area contributed by atoms with E-state index in [4.69, 9.17) is 5.26 Å². The number of rotatable bonds is 3. The molecule has 4 nitrogen and oxygen atoms in total. The maximum atomic E-state index is 13.4. The summed E-state index contributed by atoms with van der Waals surface area (Å²) >= 11 is 0. The minimum Gasteiger partial charge on any atom is -0.298 e. The highest BCUT2D eigenvalue weighted by Crippen LogP contribution is 2.35. The van der Waals surface area contributed by atoms with Gasteiger partial charge in [0, 0.05) is 6.07 Å². The number of nitrogens with zero attached hydrogens (tertiary/aromatic N) is 1. The number of alkyl halides is 3. The third-order valence-corrected chi connectivity index (χ3v) is 2.94. The zero-order valence-corrected chi connectivity index (χ0v) is 17.7. The zero-order chi connectivity index (χ0) is 23.9. The summed E-state index contributed by atoms with van der Waals surface area (Å²) in [5.74, 6) is -3.15. The number of carbonyl (C=O) groups excluding carboxylic acids is 1. The maximum absolute atomic E-state index is 13.4. The Hall–Kier alpha value is -3.15. The molecule has 2 rings (SSSR count). The number of carbonyl (C=O) groups is 1. The van der Waals surface area contributed by atoms with Gasteiger partial charge in [-0.15, -0.1) is 0 Å². The van der Waals surface area contributed by atoms with Crippen molar-refractivity contribution in [1.29, 1.82) is 5.26 Å². The Morgan fingerprint density at radius 3 is 1.97 bits per heavy atom. The number of amides is 1. The van der Waals surface area contributed by atoms with Crippen molar-refractivity contribution >= 4 is 11.6 Å². The molecule has 0 aliphatic heterocycles. The summed E-state index contributed by atoms with van der Waals surface area (Å²) in [5, 5.41) is 8.66. The number of halogens is 5. The van der Waals surface area contributed by atoms with Crippen molar-refractivity contribution in [2.45, 2.75) is 47.7 Å². The van der Waals surface area contributed by atoms with Crippen molar-refractivity contribution in [2.24, 2.45) is 0 Å². The normalized spacial score (nSPS) is 9.27. The molecule has 0 atom stereocenters. The van der Waals surface area contributed by atoms with Crippen LogP contribution in [-0.4, -0.2) is 5.91 Å². The molecule has 0 aromatic heterocycles. The molecule has 9 heteroatoms. The van der Waals surface area contributed by atoms with Crippen LogP contribution in [0, 0.1) is 23.0 Å². The molecule has 1 amide bonds. The topological polar surface area (TPSA) is 64.9 Å². The first-order valence-electron chi connectivity index (χ1n) is 9.35. The van der Waals surface area contributed by atoms with Crippen molar-refractivity contribution in [3.05, 3.63) is 64.7 Å². The number of nitrogens with one attached hydrogen (secondary N) is 2. The molecular formula is C21H26F5N3O. The smallest absolute Gasteiger partial charge is 0.298 e. The summed E-state index contributed by atoms with van der Waals surface area (Å²) in [7, 11) is 0. The number of hydrogen-bond donors (Lipinski definition) is 2. The first-order valence-corrected chi connectivity index (χ1v) is 9.35. The van der Waals surface area contributed by atoms with E-state index in [-0.39, 0.29) is 5.56 Å². The molecule has 0 saturated heterocycles. The van der Waals surface area contributed by atoms with Crippen LogP contribution in [0.5, 0.6) is 0 Å². The number of anilines is 1. The van der Waals surface area contributed by atoms with Gasteiger partial charge in [-0.1, -0.05) is 41.5 Å². The fraction of sp³-hybridized carbons (Fsp3) is 0.333. The summed E-state index contributed by atoms with van der Waals surface area (Å²) in [6.45, 7) is 12.0. The molecule has 0 unspecified atom stereocenters. The number of hydrogen-bond acceptors (Lipinski definition) is 3. The van der Waals surface area contributed by atoms with E-state index in [9.17, 15) is 26.7 Å². The van der Waals surface area contributed by atoms with E-state index < -0.39 is 40.5 Å². The van der Waals surface area contributed by atoms with Gasteiger partial charge in [-0.2, -0.15) is 18.4 Å². The second kappa shape index (κ2) is 14.8. The van der Waals surface area contributed by atoms with Gasteiger partial charge >= 0.3 is 6.18 Å². The van der Waals surface area contributed by atoms with E-state index in [0.717, 1.165) is 24.3 Å². The molecule has 0 saturated carbocycles. The van der Waals surface area contributed by atoms with Gasteiger partial charge in [-0.3, -0.25) is 15.6 Å². The predicted octanol–water partition coefficient (Wildman–Crippen LogP) is 6.69. The van der Waals surface area contributed by atoms with Crippen LogP contribution < -0.4 is 10.9 Å². The van der Waals surface area contributed by atoms with E-state index in [1.165, 1.54) is 0 Å². The SMILES string of the molecule is CC.CC.CC.N#Cc1ccc(NNC(=O)c2ccc(F)cc2F)c(C(F)(F)F)c1. The van der Waals surface area contributed by atoms with Crippen LogP contribution in [-0.2, 0) is 6.18 Å². The molecule has 2 aromatic rings. The van der Waals surface area contributed by atoms with E-state index in [0.29, 0.717) is 12.1 Å². The molecule has 2 aromatic carbocycles. The van der Waals surface area contributed by atoms with Gasteiger partial charge in [-0.25, -0.2) is 8.78 Å². The number of nitriles is 1. The van der Waals surface area contributed by atoms with Crippen molar-refractivity contribution in [3.63, 3.8) is 0 Å². The fourth-order valence-corrected chi connectivity index (χ4v) is 1.82. The molecule has 0 spiro atoms. The average Bonchev–Trinajstić information content (AvgIpc) is 2.75. The predicted molar refractivity (Wildman–Crippen MR) is 108 cm³/mol. The lowest BCUT2D eigenvalue weighted by atomic mass is 10.1. The molecular weight excluding hydrogens is 405 g/mol. The van der Waals surface area contributed by atoms with Crippen molar-refractivity contribution in [3.8, 4) is 6.07 Å². The Balaban J connectivity index is 0. The Bertz CT molecular complexity index is 830. The first-order chi connectivity index (χ1) is 14.2. The lowest BCUT2D eigenvalue weighted by Crippen LogP contribution is -2.31. The minimum atomic E-state index is -4.78. The molecule has 0 bridgehead atoms. The Labute approximate surface area is 173 Å². The molecule has 0 heterocycles. The van der Waals surface area contributed by atoms with Gasteiger partial charge in [0.05, 0.1) is 28.4 Å². The van der Waals surface area contributed by atoms with Gasteiger partial charge in [0.15, 0.2) is 0 Å². The number of hydrazine groups is 1. The van der Waals surface area contributed by atoms with Crippen LogP contribution in [0.1, 0.15) is 63.0 Å². The highest BCUT2D eigenvalue weighted by molar-refractivity contribution is 5.95. The largest absolute Gasteiger partial charge is 0.418 e. The molecule has 30 heavy (non-hydrogen) atoms. The molecule has 166 valence electrons. The van der Waals surface area contributed by atoms with Gasteiger partial charge in [-0.05, 0) is 30.3 Å². The minimum absolute atomic E-state index is 0.219. The quantitative estimate of drug-likeness (QED) is 0.420. The third kappa shape index (κ3) is 8.90. The van der Waals surface area contributed by atoms with E-state index in [1.807, 2.05) is 52.4 Å². The summed E-state index contributed by atoms with van der Waals surface area (Å²) < 4.78 is 65.1. The van der Waals surface area contributed by atoms with E-state index >= 15 is 0 Å². The van der Waals surface area contributed by atoms with Crippen LogP contribution in [0.4, 0.5) is 27.6 Å². The van der Waals surface area contributed by atoms with Crippen LogP contribution in [0.2, 0.25) is 0 Å². The van der Waals surface area contributed by atoms with Crippen LogP contribution in [0.25, 0.3) is 0 Å². The molecule has 2 N–H and O–H groups in total. The standard InChI is InChI=1S/C15H8F5N3O.3C2H6/c16-9-2-3-10(12(17)6-9)14(24)23-22-13-4-1-8(7-21)5-11(13)15(18,19)20;3*1-2/h1-6,22H,(H,23,24);3*1-2H3. The van der Waals surface area contributed by atoms with E-state index in [1.54, 1.807) is 6.07 Å². The lowest BCUT2D eigenvalue weighted by Gasteiger charge is -2.15. The Morgan fingerprint density at radius 2 is 1.50 bits per heavy atom. The zero-order valence-electron chi connectivity index (χ0n) is 17.7. The summed E-state index contributed by atoms with van der Waals surface area (Å²) in [5.41, 5.74) is 1.43. The number of benzene rings is 2. The third-order valence-electron chi connectivity index (χ3n) is 2.94. The Morgan fingerprint density at radius 1 is 0.933 bits per heavy atom. The van der Waals surface area contributed by atoms with Crippen molar-refractivity contribution < 1.29 is 26.7 Å².